The molecule has 3 rings (SSSR count). The fraction of sp³-hybridized carbons (Fsp3) is 0.412. The Labute approximate surface area is 140 Å². The summed E-state index contributed by atoms with van der Waals surface area (Å²) in [5, 5.41) is 6.97. The maximum atomic E-state index is 13.6. The van der Waals surface area contributed by atoms with Gasteiger partial charge in [-0.05, 0) is 56.1 Å². The van der Waals surface area contributed by atoms with Crippen molar-refractivity contribution in [3.05, 3.63) is 46.2 Å². The van der Waals surface area contributed by atoms with Crippen LogP contribution in [0.5, 0.6) is 0 Å². The van der Waals surface area contributed by atoms with E-state index in [4.69, 9.17) is 0 Å². The largest absolute Gasteiger partial charge is 0.299 e. The predicted molar refractivity (Wildman–Crippen MR) is 93.6 cm³/mol. The van der Waals surface area contributed by atoms with E-state index in [-0.39, 0.29) is 5.82 Å². The molecule has 0 bridgehead atoms. The zero-order valence-electron chi connectivity index (χ0n) is 13.3. The van der Waals surface area contributed by atoms with Crippen LogP contribution in [0.1, 0.15) is 36.1 Å². The van der Waals surface area contributed by atoms with Crippen LogP contribution in [0.15, 0.2) is 28.7 Å². The minimum absolute atomic E-state index is 0.197. The van der Waals surface area contributed by atoms with E-state index in [0.717, 1.165) is 41.6 Å². The molecule has 2 aromatic rings. The lowest BCUT2D eigenvalue weighted by atomic mass is 10.1. The van der Waals surface area contributed by atoms with Crippen molar-refractivity contribution >= 4 is 22.7 Å². The molecule has 2 heterocycles. The number of anilines is 1. The predicted octanol–water partition coefficient (Wildman–Crippen LogP) is 4.02. The third kappa shape index (κ3) is 4.59. The Morgan fingerprint density at radius 3 is 2.91 bits per heavy atom. The van der Waals surface area contributed by atoms with Gasteiger partial charge in [-0.25, -0.2) is 9.37 Å². The van der Waals surface area contributed by atoms with Crippen molar-refractivity contribution in [2.75, 3.05) is 18.5 Å². The Kier molecular flexibility index (Phi) is 5.35. The Hall–Kier alpha value is -1.79. The monoisotopic (exact) mass is 332 g/mol. The lowest BCUT2D eigenvalue weighted by Crippen LogP contribution is -2.29. The number of rotatable bonds is 5. The molecule has 0 amide bonds. The molecule has 1 aromatic carbocycles. The van der Waals surface area contributed by atoms with Crippen LogP contribution in [-0.4, -0.2) is 29.2 Å². The summed E-state index contributed by atoms with van der Waals surface area (Å²) in [4.78, 5) is 6.68. The first-order chi connectivity index (χ1) is 11.2. The molecule has 0 spiro atoms. The van der Waals surface area contributed by atoms with Gasteiger partial charge in [-0.2, -0.15) is 5.10 Å². The topological polar surface area (TPSA) is 40.5 Å². The molecule has 23 heavy (non-hydrogen) atoms. The molecule has 1 aliphatic heterocycles. The van der Waals surface area contributed by atoms with Crippen molar-refractivity contribution in [3.8, 4) is 0 Å². The van der Waals surface area contributed by atoms with E-state index in [1.807, 2.05) is 12.3 Å². The van der Waals surface area contributed by atoms with Gasteiger partial charge in [-0.15, -0.1) is 11.3 Å². The van der Waals surface area contributed by atoms with Gasteiger partial charge in [-0.1, -0.05) is 12.5 Å². The second-order valence-electron chi connectivity index (χ2n) is 5.84. The van der Waals surface area contributed by atoms with E-state index in [9.17, 15) is 4.39 Å². The van der Waals surface area contributed by atoms with E-state index < -0.39 is 0 Å². The number of hydrazone groups is 1. The molecule has 0 atom stereocenters. The second kappa shape index (κ2) is 7.66. The highest BCUT2D eigenvalue weighted by Crippen LogP contribution is 2.17. The summed E-state index contributed by atoms with van der Waals surface area (Å²) >= 11 is 1.52. The van der Waals surface area contributed by atoms with Crippen LogP contribution >= 0.6 is 11.3 Å². The average Bonchev–Trinajstić information content (AvgIpc) is 2.96. The molecule has 1 aliphatic rings. The first kappa shape index (κ1) is 16.1. The molecule has 0 unspecified atom stereocenters. The van der Waals surface area contributed by atoms with Gasteiger partial charge in [0.25, 0.3) is 0 Å². The Balaban J connectivity index is 1.70. The van der Waals surface area contributed by atoms with Crippen LogP contribution < -0.4 is 5.43 Å². The van der Waals surface area contributed by atoms with Crippen molar-refractivity contribution in [1.29, 1.82) is 0 Å². The molecule has 1 N–H and O–H groups in total. The molecule has 0 radical (unpaired) electrons. The van der Waals surface area contributed by atoms with Crippen LogP contribution in [0.2, 0.25) is 0 Å². The van der Waals surface area contributed by atoms with E-state index in [1.165, 1.54) is 36.7 Å². The Morgan fingerprint density at radius 1 is 1.35 bits per heavy atom. The number of hydrogen-bond donors (Lipinski definition) is 1. The second-order valence-corrected chi connectivity index (χ2v) is 6.70. The van der Waals surface area contributed by atoms with Crippen LogP contribution in [-0.2, 0) is 6.54 Å². The first-order valence-electron chi connectivity index (χ1n) is 7.93. The van der Waals surface area contributed by atoms with Crippen LogP contribution in [0, 0.1) is 12.7 Å². The smallest absolute Gasteiger partial charge is 0.203 e. The van der Waals surface area contributed by atoms with Crippen molar-refractivity contribution in [2.45, 2.75) is 32.7 Å². The lowest BCUT2D eigenvalue weighted by Gasteiger charge is -2.27. The van der Waals surface area contributed by atoms with Crippen molar-refractivity contribution in [3.63, 3.8) is 0 Å². The average molecular weight is 332 g/mol. The van der Waals surface area contributed by atoms with Crippen LogP contribution in [0.4, 0.5) is 9.52 Å². The van der Waals surface area contributed by atoms with Crippen LogP contribution in [0.25, 0.3) is 0 Å². The minimum Gasteiger partial charge on any atom is -0.299 e. The van der Waals surface area contributed by atoms with Gasteiger partial charge in [0.05, 0.1) is 11.9 Å². The molecule has 0 aliphatic carbocycles. The highest BCUT2D eigenvalue weighted by atomic mass is 32.1. The number of aryl methyl sites for hydroxylation is 1. The SMILES string of the molecule is Cc1csc(NN=Cc2ccc(F)cc2CN2CCCCC2)n1. The highest BCUT2D eigenvalue weighted by molar-refractivity contribution is 7.13. The number of likely N-dealkylation sites (tertiary alicyclic amines) is 1. The minimum atomic E-state index is -0.197. The molecule has 6 heteroatoms. The number of nitrogens with one attached hydrogen (secondary N) is 1. The van der Waals surface area contributed by atoms with Crippen molar-refractivity contribution < 1.29 is 4.39 Å². The third-order valence-electron chi connectivity index (χ3n) is 3.93. The van der Waals surface area contributed by atoms with Gasteiger partial charge < -0.3 is 0 Å². The zero-order chi connectivity index (χ0) is 16.1. The van der Waals surface area contributed by atoms with E-state index in [1.54, 1.807) is 18.3 Å². The van der Waals surface area contributed by atoms with Gasteiger partial charge >= 0.3 is 0 Å². The standard InChI is InChI=1S/C17H21FN4S/c1-13-12-23-17(20-13)21-19-10-14-5-6-16(18)9-15(14)11-22-7-3-2-4-8-22/h5-6,9-10,12H,2-4,7-8,11H2,1H3,(H,20,21). The summed E-state index contributed by atoms with van der Waals surface area (Å²) in [7, 11) is 0. The lowest BCUT2D eigenvalue weighted by molar-refractivity contribution is 0.220. The van der Waals surface area contributed by atoms with Gasteiger partial charge in [0, 0.05) is 11.9 Å². The summed E-state index contributed by atoms with van der Waals surface area (Å²) in [6.07, 6.45) is 5.49. The summed E-state index contributed by atoms with van der Waals surface area (Å²) in [6.45, 7) is 4.89. The van der Waals surface area contributed by atoms with Gasteiger partial charge in [0.1, 0.15) is 5.82 Å². The van der Waals surface area contributed by atoms with Crippen LogP contribution in [0.3, 0.4) is 0 Å². The van der Waals surface area contributed by atoms with E-state index >= 15 is 0 Å². The van der Waals surface area contributed by atoms with E-state index in [0.29, 0.717) is 0 Å². The number of halogens is 1. The molecule has 1 aromatic heterocycles. The fourth-order valence-electron chi connectivity index (χ4n) is 2.76. The van der Waals surface area contributed by atoms with Gasteiger partial charge in [0.15, 0.2) is 0 Å². The van der Waals surface area contributed by atoms with Crippen molar-refractivity contribution in [1.82, 2.24) is 9.88 Å². The first-order valence-corrected chi connectivity index (χ1v) is 8.81. The Bertz CT molecular complexity index is 677. The molecule has 4 nitrogen and oxygen atoms in total. The Morgan fingerprint density at radius 2 is 2.17 bits per heavy atom. The van der Waals surface area contributed by atoms with Gasteiger partial charge in [-0.3, -0.25) is 10.3 Å². The summed E-state index contributed by atoms with van der Waals surface area (Å²) in [5.74, 6) is -0.197. The summed E-state index contributed by atoms with van der Waals surface area (Å²) in [5.41, 5.74) is 5.82. The normalized spacial score (nSPS) is 16.1. The molecule has 122 valence electrons. The number of hydrogen-bond acceptors (Lipinski definition) is 5. The number of thiazole rings is 1. The number of piperidine rings is 1. The maximum absolute atomic E-state index is 13.6. The molecular formula is C17H21FN4S. The molecular weight excluding hydrogens is 311 g/mol. The zero-order valence-corrected chi connectivity index (χ0v) is 14.1. The molecule has 0 saturated carbocycles. The van der Waals surface area contributed by atoms with Crippen molar-refractivity contribution in [2.24, 2.45) is 5.10 Å². The maximum Gasteiger partial charge on any atom is 0.203 e. The number of aromatic nitrogens is 1. The summed E-state index contributed by atoms with van der Waals surface area (Å²) < 4.78 is 13.6. The molecule has 1 saturated heterocycles. The quantitative estimate of drug-likeness (QED) is 0.664. The molecule has 1 fully saturated rings. The fourth-order valence-corrected chi connectivity index (χ4v) is 3.39. The number of benzene rings is 1. The number of nitrogens with zero attached hydrogens (tertiary/aromatic N) is 3. The van der Waals surface area contributed by atoms with E-state index in [2.05, 4.69) is 20.4 Å². The third-order valence-corrected chi connectivity index (χ3v) is 4.80. The van der Waals surface area contributed by atoms with Gasteiger partial charge in [0.2, 0.25) is 5.13 Å². The highest BCUT2D eigenvalue weighted by Gasteiger charge is 2.12. The summed E-state index contributed by atoms with van der Waals surface area (Å²) in [6, 6.07) is 4.88.